The van der Waals surface area contributed by atoms with Gasteiger partial charge in [0.1, 0.15) is 5.82 Å². The van der Waals surface area contributed by atoms with E-state index in [4.69, 9.17) is 4.52 Å². The van der Waals surface area contributed by atoms with Gasteiger partial charge in [-0.15, -0.1) is 0 Å². The molecule has 1 unspecified atom stereocenters. The molecule has 0 radical (unpaired) electrons. The van der Waals surface area contributed by atoms with Crippen molar-refractivity contribution in [2.24, 2.45) is 5.92 Å². The molecule has 124 valence electrons. The summed E-state index contributed by atoms with van der Waals surface area (Å²) >= 11 is 0. The third kappa shape index (κ3) is 4.16. The summed E-state index contributed by atoms with van der Waals surface area (Å²) in [5, 5.41) is 3.95. The third-order valence-corrected chi connectivity index (χ3v) is 6.07. The van der Waals surface area contributed by atoms with Crippen molar-refractivity contribution in [1.29, 1.82) is 0 Å². The van der Waals surface area contributed by atoms with Crippen molar-refractivity contribution < 1.29 is 17.3 Å². The number of sulfone groups is 1. The van der Waals surface area contributed by atoms with Crippen molar-refractivity contribution in [2.45, 2.75) is 32.6 Å². The van der Waals surface area contributed by atoms with Gasteiger partial charge in [-0.1, -0.05) is 11.2 Å². The number of hydrogen-bond donors (Lipinski definition) is 0. The van der Waals surface area contributed by atoms with Gasteiger partial charge in [0.25, 0.3) is 0 Å². The fourth-order valence-electron chi connectivity index (χ4n) is 3.00. The van der Waals surface area contributed by atoms with Crippen LogP contribution in [0.15, 0.2) is 22.7 Å². The Morgan fingerprint density at radius 2 is 2.22 bits per heavy atom. The number of hydrogen-bond acceptors (Lipinski definition) is 5. The highest BCUT2D eigenvalue weighted by atomic mass is 32.2. The van der Waals surface area contributed by atoms with Gasteiger partial charge in [-0.25, -0.2) is 12.8 Å². The van der Waals surface area contributed by atoms with E-state index >= 15 is 0 Å². The topological polar surface area (TPSA) is 73.1 Å². The number of aromatic nitrogens is 2. The molecule has 1 fully saturated rings. The summed E-state index contributed by atoms with van der Waals surface area (Å²) in [6, 6.07) is 4.60. The van der Waals surface area contributed by atoms with Crippen LogP contribution in [0.3, 0.4) is 0 Å². The summed E-state index contributed by atoms with van der Waals surface area (Å²) in [6.45, 7) is 1.84. The second-order valence-corrected chi connectivity index (χ2v) is 8.41. The fraction of sp³-hybridized carbons (Fsp3) is 0.500. The minimum atomic E-state index is -2.93. The lowest BCUT2D eigenvalue weighted by Crippen LogP contribution is -2.26. The molecule has 0 spiro atoms. The first kappa shape index (κ1) is 16.1. The molecule has 1 aliphatic rings. The molecule has 0 aliphatic carbocycles. The second-order valence-electron chi connectivity index (χ2n) is 6.18. The summed E-state index contributed by atoms with van der Waals surface area (Å²) in [6.07, 6.45) is 2.53. The Morgan fingerprint density at radius 1 is 1.39 bits per heavy atom. The molecule has 1 aromatic heterocycles. The maximum absolute atomic E-state index is 13.1. The molecule has 3 rings (SSSR count). The molecule has 1 aliphatic heterocycles. The van der Waals surface area contributed by atoms with Crippen LogP contribution < -0.4 is 0 Å². The lowest BCUT2D eigenvalue weighted by molar-refractivity contribution is 0.346. The van der Waals surface area contributed by atoms with Crippen molar-refractivity contribution in [1.82, 2.24) is 10.1 Å². The number of nitrogens with zero attached hydrogens (tertiary/aromatic N) is 2. The highest BCUT2D eigenvalue weighted by molar-refractivity contribution is 7.91. The molecule has 1 aromatic carbocycles. The molecule has 0 bridgehead atoms. The van der Waals surface area contributed by atoms with Crippen molar-refractivity contribution in [2.75, 3.05) is 11.5 Å². The Kier molecular flexibility index (Phi) is 4.48. The summed E-state index contributed by atoms with van der Waals surface area (Å²) in [4.78, 5) is 4.34. The van der Waals surface area contributed by atoms with Gasteiger partial charge in [-0.2, -0.15) is 4.98 Å². The van der Waals surface area contributed by atoms with Gasteiger partial charge >= 0.3 is 0 Å². The van der Waals surface area contributed by atoms with Crippen LogP contribution in [0, 0.1) is 18.7 Å². The largest absolute Gasteiger partial charge is 0.339 e. The molecule has 0 N–H and O–H groups in total. The number of halogens is 1. The fourth-order valence-corrected chi connectivity index (χ4v) is 4.77. The molecule has 0 amide bonds. The van der Waals surface area contributed by atoms with Crippen LogP contribution in [0.5, 0.6) is 0 Å². The van der Waals surface area contributed by atoms with Gasteiger partial charge in [-0.3, -0.25) is 0 Å². The number of rotatable bonds is 4. The van der Waals surface area contributed by atoms with Crippen LogP contribution in [0.25, 0.3) is 0 Å². The van der Waals surface area contributed by atoms with E-state index in [1.807, 2.05) is 6.92 Å². The minimum Gasteiger partial charge on any atom is -0.339 e. The molecule has 2 heterocycles. The summed E-state index contributed by atoms with van der Waals surface area (Å²) in [5.74, 6) is 1.27. The number of aryl methyl sites for hydroxylation is 1. The van der Waals surface area contributed by atoms with Gasteiger partial charge in [0, 0.05) is 12.8 Å². The Balaban J connectivity index is 1.66. The molecular formula is C16H19FN2O3S. The second kappa shape index (κ2) is 6.39. The highest BCUT2D eigenvalue weighted by Gasteiger charge is 2.26. The van der Waals surface area contributed by atoms with Gasteiger partial charge in [0.15, 0.2) is 15.7 Å². The Hall–Kier alpha value is -1.76. The maximum atomic E-state index is 13.1. The monoisotopic (exact) mass is 338 g/mol. The van der Waals surface area contributed by atoms with Gasteiger partial charge < -0.3 is 4.52 Å². The first-order valence-corrected chi connectivity index (χ1v) is 9.50. The van der Waals surface area contributed by atoms with Gasteiger partial charge in [-0.05, 0) is 48.9 Å². The Bertz CT molecular complexity index is 801. The van der Waals surface area contributed by atoms with E-state index in [0.717, 1.165) is 17.5 Å². The zero-order chi connectivity index (χ0) is 16.4. The number of benzene rings is 1. The molecule has 2 aromatic rings. The average Bonchev–Trinajstić information content (AvgIpc) is 2.88. The summed E-state index contributed by atoms with van der Waals surface area (Å²) in [7, 11) is -2.93. The van der Waals surface area contributed by atoms with E-state index in [0.29, 0.717) is 31.0 Å². The molecule has 7 heteroatoms. The van der Waals surface area contributed by atoms with E-state index < -0.39 is 9.84 Å². The molecule has 1 atom stereocenters. The zero-order valence-electron chi connectivity index (χ0n) is 13.0. The standard InChI is InChI=1S/C16H19FN2O3S/c1-11-7-14(17)5-4-13(11)9-15-18-16(22-19-15)8-12-3-2-6-23(20,21)10-12/h4-5,7,12H,2-3,6,8-10H2,1H3. The first-order valence-electron chi connectivity index (χ1n) is 7.68. The van der Waals surface area contributed by atoms with E-state index in [1.54, 1.807) is 6.07 Å². The van der Waals surface area contributed by atoms with E-state index in [2.05, 4.69) is 10.1 Å². The normalized spacial score (nSPS) is 20.5. The molecular weight excluding hydrogens is 319 g/mol. The third-order valence-electron chi connectivity index (χ3n) is 4.18. The molecule has 23 heavy (non-hydrogen) atoms. The quantitative estimate of drug-likeness (QED) is 0.856. The summed E-state index contributed by atoms with van der Waals surface area (Å²) < 4.78 is 41.7. The lowest BCUT2D eigenvalue weighted by atomic mass is 10.0. The molecule has 1 saturated heterocycles. The van der Waals surface area contributed by atoms with Crippen LogP contribution in [0.1, 0.15) is 35.7 Å². The maximum Gasteiger partial charge on any atom is 0.226 e. The van der Waals surface area contributed by atoms with Crippen molar-refractivity contribution in [3.05, 3.63) is 46.9 Å². The average molecular weight is 338 g/mol. The van der Waals surface area contributed by atoms with E-state index in [-0.39, 0.29) is 23.2 Å². The summed E-state index contributed by atoms with van der Waals surface area (Å²) in [5.41, 5.74) is 1.79. The van der Waals surface area contributed by atoms with Crippen molar-refractivity contribution >= 4 is 9.84 Å². The van der Waals surface area contributed by atoms with E-state index in [9.17, 15) is 12.8 Å². The van der Waals surface area contributed by atoms with Crippen molar-refractivity contribution in [3.63, 3.8) is 0 Å². The van der Waals surface area contributed by atoms with E-state index in [1.165, 1.54) is 12.1 Å². The van der Waals surface area contributed by atoms with Gasteiger partial charge in [0.2, 0.25) is 5.89 Å². The van der Waals surface area contributed by atoms with Crippen LogP contribution in [0.2, 0.25) is 0 Å². The smallest absolute Gasteiger partial charge is 0.226 e. The first-order chi connectivity index (χ1) is 10.9. The Labute approximate surface area is 134 Å². The SMILES string of the molecule is Cc1cc(F)ccc1Cc1noc(CC2CCCS(=O)(=O)C2)n1. The van der Waals surface area contributed by atoms with Crippen LogP contribution in [-0.4, -0.2) is 30.1 Å². The van der Waals surface area contributed by atoms with Crippen LogP contribution >= 0.6 is 0 Å². The van der Waals surface area contributed by atoms with Gasteiger partial charge in [0.05, 0.1) is 11.5 Å². The Morgan fingerprint density at radius 3 is 2.96 bits per heavy atom. The molecule has 5 nitrogen and oxygen atoms in total. The molecule has 0 saturated carbocycles. The minimum absolute atomic E-state index is 0.0506. The van der Waals surface area contributed by atoms with Crippen LogP contribution in [0.4, 0.5) is 4.39 Å². The lowest BCUT2D eigenvalue weighted by Gasteiger charge is -2.19. The zero-order valence-corrected chi connectivity index (χ0v) is 13.8. The predicted molar refractivity (Wildman–Crippen MR) is 83.3 cm³/mol. The van der Waals surface area contributed by atoms with Crippen molar-refractivity contribution in [3.8, 4) is 0 Å². The van der Waals surface area contributed by atoms with Crippen LogP contribution in [-0.2, 0) is 22.7 Å². The highest BCUT2D eigenvalue weighted by Crippen LogP contribution is 2.22. The predicted octanol–water partition coefficient (Wildman–Crippen LogP) is 2.48.